The third-order valence-electron chi connectivity index (χ3n) is 4.31. The Labute approximate surface area is 155 Å². The van der Waals surface area contributed by atoms with E-state index in [0.29, 0.717) is 29.7 Å². The second-order valence-electron chi connectivity index (χ2n) is 6.50. The van der Waals surface area contributed by atoms with Gasteiger partial charge in [0.05, 0.1) is 12.4 Å². The largest absolute Gasteiger partial charge is 0.490 e. The first-order valence-electron chi connectivity index (χ1n) is 8.52. The third kappa shape index (κ3) is 4.74. The van der Waals surface area contributed by atoms with Crippen molar-refractivity contribution in [3.8, 4) is 17.2 Å². The average molecular weight is 400 g/mol. The molecule has 2 aromatic rings. The Morgan fingerprint density at radius 1 is 0.926 bits per heavy atom. The zero-order chi connectivity index (χ0) is 19.6. The fraction of sp³-hybridized carbons (Fsp3) is 0.368. The molecule has 0 saturated heterocycles. The molecule has 0 aromatic heterocycles. The van der Waals surface area contributed by atoms with Gasteiger partial charge >= 0.3 is 0 Å². The molecule has 0 radical (unpaired) electrons. The van der Waals surface area contributed by atoms with Crippen LogP contribution in [0.4, 0.5) is 13.2 Å². The van der Waals surface area contributed by atoms with Crippen molar-refractivity contribution in [3.63, 3.8) is 0 Å². The second-order valence-corrected chi connectivity index (χ2v) is 8.76. The van der Waals surface area contributed by atoms with Crippen molar-refractivity contribution in [2.75, 3.05) is 18.6 Å². The zero-order valence-corrected chi connectivity index (χ0v) is 15.5. The quantitative estimate of drug-likeness (QED) is 0.654. The van der Waals surface area contributed by atoms with Gasteiger partial charge < -0.3 is 9.47 Å². The highest BCUT2D eigenvalue weighted by molar-refractivity contribution is 7.90. The van der Waals surface area contributed by atoms with Crippen LogP contribution in [0.3, 0.4) is 0 Å². The number of benzene rings is 2. The Morgan fingerprint density at radius 2 is 1.59 bits per heavy atom. The van der Waals surface area contributed by atoms with Crippen molar-refractivity contribution < 1.29 is 31.1 Å². The lowest BCUT2D eigenvalue weighted by molar-refractivity contribution is 0.297. The normalized spacial score (nSPS) is 13.5. The molecule has 0 fully saturated rings. The van der Waals surface area contributed by atoms with Crippen molar-refractivity contribution in [1.29, 1.82) is 0 Å². The summed E-state index contributed by atoms with van der Waals surface area (Å²) in [6.07, 6.45) is 3.25. The summed E-state index contributed by atoms with van der Waals surface area (Å²) < 4.78 is 75.0. The Balaban J connectivity index is 1.73. The first-order chi connectivity index (χ1) is 12.7. The molecule has 0 aliphatic heterocycles. The predicted octanol–water partition coefficient (Wildman–Crippen LogP) is 4.20. The molecule has 1 aliphatic carbocycles. The van der Waals surface area contributed by atoms with Gasteiger partial charge in [-0.25, -0.2) is 21.6 Å². The van der Waals surface area contributed by atoms with E-state index in [0.717, 1.165) is 24.8 Å². The molecule has 0 atom stereocenters. The van der Waals surface area contributed by atoms with Crippen LogP contribution < -0.4 is 9.47 Å². The van der Waals surface area contributed by atoms with Gasteiger partial charge in [-0.15, -0.1) is 0 Å². The summed E-state index contributed by atoms with van der Waals surface area (Å²) in [5.74, 6) is -2.42. The predicted molar refractivity (Wildman–Crippen MR) is 94.7 cm³/mol. The van der Waals surface area contributed by atoms with Crippen molar-refractivity contribution in [1.82, 2.24) is 0 Å². The number of halogens is 3. The van der Waals surface area contributed by atoms with Gasteiger partial charge in [0.2, 0.25) is 0 Å². The summed E-state index contributed by atoms with van der Waals surface area (Å²) in [6, 6.07) is 4.39. The van der Waals surface area contributed by atoms with Gasteiger partial charge in [-0.2, -0.15) is 0 Å². The Hall–Kier alpha value is -2.22. The van der Waals surface area contributed by atoms with Crippen LogP contribution in [-0.2, 0) is 22.7 Å². The van der Waals surface area contributed by atoms with Gasteiger partial charge in [0.1, 0.15) is 21.4 Å². The number of sulfone groups is 1. The number of ether oxygens (including phenoxy) is 2. The van der Waals surface area contributed by atoms with Crippen molar-refractivity contribution in [2.24, 2.45) is 0 Å². The van der Waals surface area contributed by atoms with E-state index in [1.807, 2.05) is 0 Å². The molecule has 1 aliphatic rings. The van der Waals surface area contributed by atoms with Crippen LogP contribution in [0.25, 0.3) is 0 Å². The lowest BCUT2D eigenvalue weighted by atomic mass is 10.1. The van der Waals surface area contributed by atoms with Crippen LogP contribution in [0.2, 0.25) is 0 Å². The van der Waals surface area contributed by atoms with Gasteiger partial charge in [0.15, 0.2) is 23.1 Å². The van der Waals surface area contributed by atoms with Crippen LogP contribution in [0.15, 0.2) is 24.3 Å². The lowest BCUT2D eigenvalue weighted by Crippen LogP contribution is -2.08. The van der Waals surface area contributed by atoms with Crippen LogP contribution >= 0.6 is 0 Å². The summed E-state index contributed by atoms with van der Waals surface area (Å²) in [5, 5.41) is 0. The molecule has 4 nitrogen and oxygen atoms in total. The number of hydrogen-bond donors (Lipinski definition) is 0. The van der Waals surface area contributed by atoms with Crippen LogP contribution in [0.5, 0.6) is 17.2 Å². The van der Waals surface area contributed by atoms with Gasteiger partial charge in [-0.1, -0.05) is 0 Å². The molecule has 0 heterocycles. The van der Waals surface area contributed by atoms with Gasteiger partial charge in [0.25, 0.3) is 0 Å². The van der Waals surface area contributed by atoms with Gasteiger partial charge in [-0.3, -0.25) is 0 Å². The fourth-order valence-electron chi connectivity index (χ4n) is 3.05. The van der Waals surface area contributed by atoms with Gasteiger partial charge in [0, 0.05) is 24.0 Å². The van der Waals surface area contributed by atoms with Gasteiger partial charge in [-0.05, 0) is 43.4 Å². The van der Waals surface area contributed by atoms with E-state index in [2.05, 4.69) is 0 Å². The summed E-state index contributed by atoms with van der Waals surface area (Å²) in [5.41, 5.74) is 1.23. The highest BCUT2D eigenvalue weighted by atomic mass is 32.2. The van der Waals surface area contributed by atoms with E-state index in [9.17, 15) is 21.6 Å². The molecule has 27 heavy (non-hydrogen) atoms. The maximum atomic E-state index is 14.3. The molecule has 8 heteroatoms. The lowest BCUT2D eigenvalue weighted by Gasteiger charge is -2.13. The van der Waals surface area contributed by atoms with E-state index in [1.165, 1.54) is 12.1 Å². The maximum absolute atomic E-state index is 14.3. The van der Waals surface area contributed by atoms with E-state index in [1.54, 1.807) is 0 Å². The van der Waals surface area contributed by atoms with Crippen molar-refractivity contribution in [2.45, 2.75) is 25.7 Å². The third-order valence-corrected chi connectivity index (χ3v) is 5.34. The molecule has 0 spiro atoms. The van der Waals surface area contributed by atoms with E-state index in [-0.39, 0.29) is 36.1 Å². The first kappa shape index (κ1) is 19.5. The zero-order valence-electron chi connectivity index (χ0n) is 14.7. The second kappa shape index (κ2) is 7.80. The number of rotatable bonds is 7. The van der Waals surface area contributed by atoms with E-state index >= 15 is 0 Å². The Kier molecular flexibility index (Phi) is 5.64. The average Bonchev–Trinajstić information content (AvgIpc) is 3.08. The molecule has 2 aromatic carbocycles. The molecule has 3 rings (SSSR count). The monoisotopic (exact) mass is 400 g/mol. The highest BCUT2D eigenvalue weighted by Crippen LogP contribution is 2.37. The fourth-order valence-corrected chi connectivity index (χ4v) is 3.69. The minimum absolute atomic E-state index is 0.0604. The van der Waals surface area contributed by atoms with E-state index in [4.69, 9.17) is 9.47 Å². The maximum Gasteiger partial charge on any atom is 0.169 e. The molecular weight excluding hydrogens is 381 g/mol. The van der Waals surface area contributed by atoms with Crippen LogP contribution in [0.1, 0.15) is 24.0 Å². The minimum atomic E-state index is -3.14. The molecule has 0 bridgehead atoms. The Bertz CT molecular complexity index is 958. The minimum Gasteiger partial charge on any atom is -0.490 e. The first-order valence-corrected chi connectivity index (χ1v) is 10.6. The topological polar surface area (TPSA) is 52.6 Å². The van der Waals surface area contributed by atoms with Crippen molar-refractivity contribution >= 4 is 9.84 Å². The summed E-state index contributed by atoms with van der Waals surface area (Å²) in [4.78, 5) is 0. The number of fused-ring (bicyclic) bond motifs is 1. The smallest absolute Gasteiger partial charge is 0.169 e. The van der Waals surface area contributed by atoms with Crippen LogP contribution in [0, 0.1) is 17.5 Å². The summed E-state index contributed by atoms with van der Waals surface area (Å²) in [7, 11) is -3.14. The molecule has 0 amide bonds. The SMILES string of the molecule is CS(=O)(=O)CCCOc1cc(F)c(Oc2ccc(F)c3c2CCC3)cc1F. The number of hydrogen-bond acceptors (Lipinski definition) is 4. The van der Waals surface area contributed by atoms with E-state index < -0.39 is 21.5 Å². The molecule has 0 unspecified atom stereocenters. The Morgan fingerprint density at radius 3 is 2.33 bits per heavy atom. The molecule has 0 saturated carbocycles. The van der Waals surface area contributed by atoms with Crippen LogP contribution in [-0.4, -0.2) is 27.0 Å². The summed E-state index contributed by atoms with van der Waals surface area (Å²) >= 11 is 0. The highest BCUT2D eigenvalue weighted by Gasteiger charge is 2.21. The van der Waals surface area contributed by atoms with Crippen molar-refractivity contribution in [3.05, 3.63) is 52.8 Å². The molecule has 146 valence electrons. The molecular formula is C19H19F3O4S. The molecule has 0 N–H and O–H groups in total. The standard InChI is InChI=1S/C19H19F3O4S/c1-27(23,24)9-3-8-25-18-10-16(22)19(11-15(18)21)26-17-7-6-14(20)12-4-2-5-13(12)17/h6-7,10-11H,2-5,8-9H2,1H3. The summed E-state index contributed by atoms with van der Waals surface area (Å²) in [6.45, 7) is -0.0604.